The van der Waals surface area contributed by atoms with Gasteiger partial charge in [0.15, 0.2) is 5.84 Å². The topological polar surface area (TPSA) is 33.6 Å². The minimum atomic E-state index is 0.349. The van der Waals surface area contributed by atoms with E-state index in [0.717, 1.165) is 22.7 Å². The van der Waals surface area contributed by atoms with Crippen LogP contribution in [0, 0.1) is 11.8 Å². The van der Waals surface area contributed by atoms with Crippen molar-refractivity contribution in [1.29, 1.82) is 0 Å². The zero-order valence-electron chi connectivity index (χ0n) is 23.9. The second-order valence-electron chi connectivity index (χ2n) is 10.8. The number of methoxy groups -OCH3 is 1. The summed E-state index contributed by atoms with van der Waals surface area (Å²) < 4.78 is 5.31. The lowest BCUT2D eigenvalue weighted by Crippen LogP contribution is -2.15. The summed E-state index contributed by atoms with van der Waals surface area (Å²) in [7, 11) is 1.67. The summed E-state index contributed by atoms with van der Waals surface area (Å²) in [6, 6.07) is 20.9. The van der Waals surface area contributed by atoms with Crippen LogP contribution in [-0.2, 0) is 0 Å². The van der Waals surface area contributed by atoms with Gasteiger partial charge in [-0.05, 0) is 76.1 Å². The van der Waals surface area contributed by atoms with Crippen molar-refractivity contribution >= 4 is 17.2 Å². The third kappa shape index (κ3) is 7.04. The molecular formula is C34H42N2O. The van der Waals surface area contributed by atoms with Crippen LogP contribution in [0.4, 0.5) is 11.4 Å². The molecule has 0 aliphatic rings. The SMILES string of the molecule is COc1ccc(C#CC(=Nc2c(C(C)C)cccc2C(C)C)Nc2c(C(C)C)cccc2C(C)C)cc1. The van der Waals surface area contributed by atoms with Gasteiger partial charge in [-0.15, -0.1) is 0 Å². The minimum Gasteiger partial charge on any atom is -0.497 e. The van der Waals surface area contributed by atoms with Gasteiger partial charge in [0.05, 0.1) is 12.8 Å². The molecule has 0 unspecified atom stereocenters. The molecule has 1 N–H and O–H groups in total. The summed E-state index contributed by atoms with van der Waals surface area (Å²) in [6.07, 6.45) is 0. The Kier molecular flexibility index (Phi) is 9.59. The molecule has 194 valence electrons. The van der Waals surface area contributed by atoms with Crippen LogP contribution in [0.1, 0.15) is 107 Å². The zero-order chi connectivity index (χ0) is 27.1. The predicted molar refractivity (Wildman–Crippen MR) is 160 cm³/mol. The summed E-state index contributed by atoms with van der Waals surface area (Å²) in [6.45, 7) is 17.8. The molecule has 0 aliphatic carbocycles. The average Bonchev–Trinajstić information content (AvgIpc) is 2.87. The van der Waals surface area contributed by atoms with Crippen LogP contribution in [0.2, 0.25) is 0 Å². The Morgan fingerprint density at radius 1 is 0.676 bits per heavy atom. The van der Waals surface area contributed by atoms with Crippen LogP contribution in [-0.4, -0.2) is 12.9 Å². The normalized spacial score (nSPS) is 11.8. The van der Waals surface area contributed by atoms with E-state index in [4.69, 9.17) is 9.73 Å². The Labute approximate surface area is 224 Å². The van der Waals surface area contributed by atoms with Gasteiger partial charge in [-0.2, -0.15) is 0 Å². The van der Waals surface area contributed by atoms with Crippen LogP contribution < -0.4 is 10.1 Å². The van der Waals surface area contributed by atoms with Crippen molar-refractivity contribution in [3.8, 4) is 17.6 Å². The van der Waals surface area contributed by atoms with Gasteiger partial charge in [0.1, 0.15) is 5.75 Å². The molecule has 0 bridgehead atoms. The molecule has 0 fully saturated rings. The van der Waals surface area contributed by atoms with Gasteiger partial charge in [0.25, 0.3) is 0 Å². The van der Waals surface area contributed by atoms with E-state index >= 15 is 0 Å². The number of hydrogen-bond acceptors (Lipinski definition) is 2. The van der Waals surface area contributed by atoms with Gasteiger partial charge in [-0.1, -0.05) is 97.7 Å². The number of anilines is 1. The van der Waals surface area contributed by atoms with Crippen LogP contribution in [0.15, 0.2) is 65.7 Å². The van der Waals surface area contributed by atoms with Crippen molar-refractivity contribution in [1.82, 2.24) is 0 Å². The molecule has 0 heterocycles. The third-order valence-corrected chi connectivity index (χ3v) is 6.60. The predicted octanol–water partition coefficient (Wildman–Crippen LogP) is 9.38. The first-order chi connectivity index (χ1) is 17.6. The van der Waals surface area contributed by atoms with E-state index in [0.29, 0.717) is 29.5 Å². The van der Waals surface area contributed by atoms with Gasteiger partial charge >= 0.3 is 0 Å². The fourth-order valence-electron chi connectivity index (χ4n) is 4.46. The van der Waals surface area contributed by atoms with Crippen LogP contribution in [0.3, 0.4) is 0 Å². The first-order valence-electron chi connectivity index (χ1n) is 13.4. The summed E-state index contributed by atoms with van der Waals surface area (Å²) in [5, 5.41) is 3.70. The summed E-state index contributed by atoms with van der Waals surface area (Å²) >= 11 is 0. The van der Waals surface area contributed by atoms with Crippen molar-refractivity contribution in [2.45, 2.75) is 79.1 Å². The van der Waals surface area contributed by atoms with Gasteiger partial charge in [0.2, 0.25) is 0 Å². The first kappa shape index (κ1) is 28.1. The number of para-hydroxylation sites is 2. The lowest BCUT2D eigenvalue weighted by Gasteiger charge is -2.21. The lowest BCUT2D eigenvalue weighted by molar-refractivity contribution is 0.415. The fourth-order valence-corrected chi connectivity index (χ4v) is 4.46. The molecule has 0 spiro atoms. The van der Waals surface area contributed by atoms with E-state index < -0.39 is 0 Å². The largest absolute Gasteiger partial charge is 0.497 e. The standard InChI is InChI=1S/C34H42N2O/c1-22(2)28-12-10-13-29(23(3)4)33(28)35-32(21-18-26-16-19-27(37-9)20-17-26)36-34-30(24(5)6)14-11-15-31(34)25(7)8/h10-17,19-20,22-25H,1-9H3,(H,35,36). The second kappa shape index (κ2) is 12.6. The van der Waals surface area contributed by atoms with Crippen molar-refractivity contribution in [2.75, 3.05) is 12.4 Å². The highest BCUT2D eigenvalue weighted by atomic mass is 16.5. The molecule has 37 heavy (non-hydrogen) atoms. The number of aliphatic imine (C=N–C) groups is 1. The van der Waals surface area contributed by atoms with Crippen molar-refractivity contribution in [3.63, 3.8) is 0 Å². The molecule has 0 aliphatic heterocycles. The molecule has 0 aromatic heterocycles. The number of ether oxygens (including phenoxy) is 1. The Morgan fingerprint density at radius 3 is 1.57 bits per heavy atom. The van der Waals surface area contributed by atoms with E-state index in [1.54, 1.807) is 7.11 Å². The number of rotatable bonds is 7. The maximum Gasteiger partial charge on any atom is 0.183 e. The highest BCUT2D eigenvalue weighted by molar-refractivity contribution is 6.10. The van der Waals surface area contributed by atoms with E-state index in [1.807, 2.05) is 24.3 Å². The van der Waals surface area contributed by atoms with E-state index in [9.17, 15) is 0 Å². The number of hydrogen-bond donors (Lipinski definition) is 1. The number of amidine groups is 1. The van der Waals surface area contributed by atoms with Crippen molar-refractivity contribution in [3.05, 3.63) is 88.5 Å². The highest BCUT2D eigenvalue weighted by Crippen LogP contribution is 2.36. The van der Waals surface area contributed by atoms with Gasteiger partial charge < -0.3 is 10.1 Å². The maximum absolute atomic E-state index is 5.31. The molecule has 3 aromatic carbocycles. The van der Waals surface area contributed by atoms with Gasteiger partial charge in [0, 0.05) is 11.3 Å². The summed E-state index contributed by atoms with van der Waals surface area (Å²) in [5.74, 6) is 9.62. The smallest absolute Gasteiger partial charge is 0.183 e. The molecule has 0 saturated heterocycles. The van der Waals surface area contributed by atoms with E-state index in [2.05, 4.69) is 109 Å². The van der Waals surface area contributed by atoms with Crippen molar-refractivity contribution < 1.29 is 4.74 Å². The molecule has 3 aromatic rings. The Hall–Kier alpha value is -3.51. The molecular weight excluding hydrogens is 452 g/mol. The first-order valence-corrected chi connectivity index (χ1v) is 13.4. The number of nitrogens with one attached hydrogen (secondary N) is 1. The Morgan fingerprint density at radius 2 is 1.14 bits per heavy atom. The lowest BCUT2D eigenvalue weighted by atomic mass is 9.92. The molecule has 0 amide bonds. The summed E-state index contributed by atoms with van der Waals surface area (Å²) in [4.78, 5) is 5.25. The molecule has 0 saturated carbocycles. The van der Waals surface area contributed by atoms with Gasteiger partial charge in [-0.25, -0.2) is 4.99 Å². The molecule has 3 heteroatoms. The quantitative estimate of drug-likeness (QED) is 0.202. The van der Waals surface area contributed by atoms with Gasteiger partial charge in [-0.3, -0.25) is 0 Å². The monoisotopic (exact) mass is 494 g/mol. The Balaban J connectivity index is 2.24. The highest BCUT2D eigenvalue weighted by Gasteiger charge is 2.17. The number of nitrogens with zero attached hydrogens (tertiary/aromatic N) is 1. The Bertz CT molecular complexity index is 1230. The molecule has 0 radical (unpaired) electrons. The average molecular weight is 495 g/mol. The van der Waals surface area contributed by atoms with Crippen LogP contribution >= 0.6 is 0 Å². The van der Waals surface area contributed by atoms with Crippen LogP contribution in [0.5, 0.6) is 5.75 Å². The van der Waals surface area contributed by atoms with Crippen molar-refractivity contribution in [2.24, 2.45) is 4.99 Å². The van der Waals surface area contributed by atoms with E-state index in [1.165, 1.54) is 22.3 Å². The minimum absolute atomic E-state index is 0.349. The zero-order valence-corrected chi connectivity index (χ0v) is 23.9. The molecule has 3 rings (SSSR count). The summed E-state index contributed by atoms with van der Waals surface area (Å²) in [5.41, 5.74) is 8.06. The van der Waals surface area contributed by atoms with E-state index in [-0.39, 0.29) is 0 Å². The van der Waals surface area contributed by atoms with Crippen LogP contribution in [0.25, 0.3) is 0 Å². The third-order valence-electron chi connectivity index (χ3n) is 6.60. The number of benzene rings is 3. The molecule has 0 atom stereocenters. The second-order valence-corrected chi connectivity index (χ2v) is 10.8. The molecule has 3 nitrogen and oxygen atoms in total. The maximum atomic E-state index is 5.31. The fraction of sp³-hybridized carbons (Fsp3) is 0.382.